The van der Waals surface area contributed by atoms with Crippen molar-refractivity contribution in [3.63, 3.8) is 0 Å². The van der Waals surface area contributed by atoms with Gasteiger partial charge in [0.15, 0.2) is 0 Å². The molecule has 0 aromatic carbocycles. The van der Waals surface area contributed by atoms with Gasteiger partial charge in [-0.05, 0) is 38.5 Å². The standard InChI is InChI=1S/C18H34O4S/c1-2-3-4-5-6-7-8-9-10-11-12-13-14-15-16-17-18-22-23(19,20)21/h6-7,9-10H,2-5,8,11-18H2,1H3,(H,19,20,21). The number of allylic oxidation sites excluding steroid dienone is 4. The molecular formula is C18H34O4S. The molecule has 0 aromatic heterocycles. The molecule has 0 amide bonds. The fraction of sp³-hybridized carbons (Fsp3) is 0.778. The second kappa shape index (κ2) is 16.2. The number of unbranched alkanes of at least 4 members (excludes halogenated alkanes) is 9. The molecule has 0 saturated carbocycles. The van der Waals surface area contributed by atoms with Gasteiger partial charge in [0.25, 0.3) is 0 Å². The van der Waals surface area contributed by atoms with Crippen LogP contribution < -0.4 is 0 Å². The average Bonchev–Trinajstić information content (AvgIpc) is 2.49. The Kier molecular flexibility index (Phi) is 15.8. The van der Waals surface area contributed by atoms with Crippen molar-refractivity contribution < 1.29 is 17.2 Å². The molecule has 0 bridgehead atoms. The molecule has 0 fully saturated rings. The van der Waals surface area contributed by atoms with Gasteiger partial charge in [-0.25, -0.2) is 4.18 Å². The first kappa shape index (κ1) is 22.4. The fourth-order valence-electron chi connectivity index (χ4n) is 2.25. The Morgan fingerprint density at radius 2 is 1.30 bits per heavy atom. The molecule has 1 N–H and O–H groups in total. The van der Waals surface area contributed by atoms with Crippen molar-refractivity contribution in [3.05, 3.63) is 24.3 Å². The average molecular weight is 347 g/mol. The van der Waals surface area contributed by atoms with Crippen LogP contribution in [0.25, 0.3) is 0 Å². The predicted octanol–water partition coefficient (Wildman–Crippen LogP) is 5.62. The van der Waals surface area contributed by atoms with Crippen molar-refractivity contribution >= 4 is 10.4 Å². The molecule has 0 radical (unpaired) electrons. The lowest BCUT2D eigenvalue weighted by atomic mass is 10.1. The third kappa shape index (κ3) is 21.4. The van der Waals surface area contributed by atoms with Gasteiger partial charge in [0.2, 0.25) is 0 Å². The summed E-state index contributed by atoms with van der Waals surface area (Å²) in [5.74, 6) is 0. The molecular weight excluding hydrogens is 312 g/mol. The van der Waals surface area contributed by atoms with E-state index in [1.807, 2.05) is 0 Å². The summed E-state index contributed by atoms with van der Waals surface area (Å²) in [5.41, 5.74) is 0. The highest BCUT2D eigenvalue weighted by Gasteiger charge is 2.02. The molecule has 0 spiro atoms. The van der Waals surface area contributed by atoms with Gasteiger partial charge >= 0.3 is 10.4 Å². The second-order valence-electron chi connectivity index (χ2n) is 5.83. The molecule has 0 unspecified atom stereocenters. The highest BCUT2D eigenvalue weighted by atomic mass is 32.3. The van der Waals surface area contributed by atoms with Crippen LogP contribution in [0.4, 0.5) is 0 Å². The van der Waals surface area contributed by atoms with E-state index in [9.17, 15) is 8.42 Å². The highest BCUT2D eigenvalue weighted by Crippen LogP contribution is 2.08. The monoisotopic (exact) mass is 346 g/mol. The minimum absolute atomic E-state index is 0.0769. The van der Waals surface area contributed by atoms with E-state index in [4.69, 9.17) is 4.55 Å². The maximum atomic E-state index is 10.3. The van der Waals surface area contributed by atoms with Gasteiger partial charge in [-0.2, -0.15) is 8.42 Å². The summed E-state index contributed by atoms with van der Waals surface area (Å²) in [4.78, 5) is 0. The fourth-order valence-corrected chi connectivity index (χ4v) is 2.58. The summed E-state index contributed by atoms with van der Waals surface area (Å²) in [6.07, 6.45) is 22.6. The van der Waals surface area contributed by atoms with Crippen LogP contribution >= 0.6 is 0 Å². The minimum atomic E-state index is -4.26. The van der Waals surface area contributed by atoms with Crippen molar-refractivity contribution in [3.8, 4) is 0 Å². The molecule has 5 heteroatoms. The van der Waals surface area contributed by atoms with E-state index in [2.05, 4.69) is 35.4 Å². The SMILES string of the molecule is CCCCCC=CCC=CCCCCCCCCOS(=O)(=O)O. The second-order valence-corrected chi connectivity index (χ2v) is 6.93. The van der Waals surface area contributed by atoms with Crippen LogP contribution in [-0.2, 0) is 14.6 Å². The maximum Gasteiger partial charge on any atom is 0.397 e. The molecule has 136 valence electrons. The molecule has 0 aliphatic carbocycles. The Hall–Kier alpha value is -0.650. The molecule has 0 atom stereocenters. The van der Waals surface area contributed by atoms with Gasteiger partial charge in [0.05, 0.1) is 6.61 Å². The summed E-state index contributed by atoms with van der Waals surface area (Å²) in [6.45, 7) is 2.30. The van der Waals surface area contributed by atoms with Crippen molar-refractivity contribution in [2.75, 3.05) is 6.61 Å². The van der Waals surface area contributed by atoms with E-state index < -0.39 is 10.4 Å². The lowest BCUT2D eigenvalue weighted by Gasteiger charge is -2.01. The number of hydrogen-bond acceptors (Lipinski definition) is 3. The zero-order chi connectivity index (χ0) is 17.2. The number of hydrogen-bond donors (Lipinski definition) is 1. The first-order valence-corrected chi connectivity index (χ1v) is 10.3. The van der Waals surface area contributed by atoms with Crippen molar-refractivity contribution in [1.29, 1.82) is 0 Å². The van der Waals surface area contributed by atoms with E-state index in [0.29, 0.717) is 6.42 Å². The predicted molar refractivity (Wildman–Crippen MR) is 96.9 cm³/mol. The van der Waals surface area contributed by atoms with Crippen LogP contribution in [-0.4, -0.2) is 19.6 Å². The summed E-state index contributed by atoms with van der Waals surface area (Å²) in [6, 6.07) is 0. The van der Waals surface area contributed by atoms with Crippen LogP contribution in [0.15, 0.2) is 24.3 Å². The van der Waals surface area contributed by atoms with Gasteiger partial charge in [0.1, 0.15) is 0 Å². The smallest absolute Gasteiger partial charge is 0.264 e. The maximum absolute atomic E-state index is 10.3. The Bertz CT molecular complexity index is 399. The topological polar surface area (TPSA) is 63.6 Å². The molecule has 4 nitrogen and oxygen atoms in total. The Balaban J connectivity index is 3.22. The highest BCUT2D eigenvalue weighted by molar-refractivity contribution is 7.80. The normalized spacial score (nSPS) is 12.6. The zero-order valence-electron chi connectivity index (χ0n) is 14.6. The molecule has 0 saturated heterocycles. The molecule has 0 aliphatic rings. The lowest BCUT2D eigenvalue weighted by molar-refractivity contribution is 0.261. The summed E-state index contributed by atoms with van der Waals surface area (Å²) < 4.78 is 33.3. The van der Waals surface area contributed by atoms with Gasteiger partial charge in [-0.1, -0.05) is 69.8 Å². The van der Waals surface area contributed by atoms with Crippen LogP contribution in [0, 0.1) is 0 Å². The van der Waals surface area contributed by atoms with Crippen molar-refractivity contribution in [2.45, 2.75) is 84.0 Å². The molecule has 0 aromatic rings. The summed E-state index contributed by atoms with van der Waals surface area (Å²) in [5, 5.41) is 0. The molecule has 0 aliphatic heterocycles. The van der Waals surface area contributed by atoms with Crippen LogP contribution in [0.3, 0.4) is 0 Å². The van der Waals surface area contributed by atoms with Crippen LogP contribution in [0.2, 0.25) is 0 Å². The van der Waals surface area contributed by atoms with Gasteiger partial charge in [-0.3, -0.25) is 4.55 Å². The van der Waals surface area contributed by atoms with Crippen LogP contribution in [0.5, 0.6) is 0 Å². The quantitative estimate of drug-likeness (QED) is 0.224. The molecule has 23 heavy (non-hydrogen) atoms. The van der Waals surface area contributed by atoms with E-state index >= 15 is 0 Å². The van der Waals surface area contributed by atoms with E-state index in [-0.39, 0.29) is 6.61 Å². The molecule has 0 heterocycles. The molecule has 0 rings (SSSR count). The Morgan fingerprint density at radius 1 is 0.783 bits per heavy atom. The van der Waals surface area contributed by atoms with Crippen LogP contribution in [0.1, 0.15) is 84.0 Å². The largest absolute Gasteiger partial charge is 0.397 e. The van der Waals surface area contributed by atoms with Gasteiger partial charge in [-0.15, -0.1) is 0 Å². The minimum Gasteiger partial charge on any atom is -0.264 e. The Morgan fingerprint density at radius 3 is 1.87 bits per heavy atom. The van der Waals surface area contributed by atoms with Crippen molar-refractivity contribution in [2.24, 2.45) is 0 Å². The van der Waals surface area contributed by atoms with Gasteiger partial charge in [0, 0.05) is 0 Å². The zero-order valence-corrected chi connectivity index (χ0v) is 15.4. The Labute approximate surface area is 143 Å². The lowest BCUT2D eigenvalue weighted by Crippen LogP contribution is -2.04. The van der Waals surface area contributed by atoms with E-state index in [1.54, 1.807) is 0 Å². The van der Waals surface area contributed by atoms with Crippen molar-refractivity contribution in [1.82, 2.24) is 0 Å². The third-order valence-electron chi connectivity index (χ3n) is 3.58. The number of rotatable bonds is 16. The van der Waals surface area contributed by atoms with E-state index in [1.165, 1.54) is 38.5 Å². The summed E-state index contributed by atoms with van der Waals surface area (Å²) >= 11 is 0. The summed E-state index contributed by atoms with van der Waals surface area (Å²) in [7, 11) is -4.26. The van der Waals surface area contributed by atoms with E-state index in [0.717, 1.165) is 32.1 Å². The van der Waals surface area contributed by atoms with Gasteiger partial charge < -0.3 is 0 Å². The first-order valence-electron chi connectivity index (χ1n) is 8.98. The first-order chi connectivity index (χ1) is 11.1. The third-order valence-corrected chi connectivity index (χ3v) is 4.04.